The fourth-order valence-electron chi connectivity index (χ4n) is 4.24. The largest absolute Gasteiger partial charge is 0.494 e. The Balaban J connectivity index is 1.18. The second-order valence-electron chi connectivity index (χ2n) is 8.35. The molecule has 0 aliphatic carbocycles. The third-order valence-electron chi connectivity index (χ3n) is 6.04. The number of fused-ring (bicyclic) bond motifs is 1. The average molecular weight is 438 g/mol. The van der Waals surface area contributed by atoms with Crippen molar-refractivity contribution in [2.45, 2.75) is 39.0 Å². The predicted molar refractivity (Wildman–Crippen MR) is 120 cm³/mol. The third-order valence-corrected chi connectivity index (χ3v) is 6.04. The van der Waals surface area contributed by atoms with Gasteiger partial charge in [0, 0.05) is 31.3 Å². The van der Waals surface area contributed by atoms with E-state index in [1.807, 2.05) is 36.1 Å². The fourth-order valence-corrected chi connectivity index (χ4v) is 4.24. The molecule has 1 amide bonds. The highest BCUT2D eigenvalue weighted by atomic mass is 19.1. The highest BCUT2D eigenvalue weighted by molar-refractivity contribution is 5.92. The van der Waals surface area contributed by atoms with E-state index >= 15 is 0 Å². The van der Waals surface area contributed by atoms with Crippen molar-refractivity contribution in [3.05, 3.63) is 60.0 Å². The average Bonchev–Trinajstić information content (AvgIpc) is 3.40. The standard InChI is InChI=1S/C25H28FN3O3/c1-18-22-5-2-3-6-23(22)29(27-18)25(31)8-4-7-24(30)28-15-13-19(17-28)14-16-32-21-11-9-20(26)10-12-21/h2-3,5-6,9-12,19H,4,7-8,13-17H2,1H3. The lowest BCUT2D eigenvalue weighted by atomic mass is 10.1. The molecule has 168 valence electrons. The Kier molecular flexibility index (Phi) is 6.83. The minimum atomic E-state index is -0.280. The summed E-state index contributed by atoms with van der Waals surface area (Å²) in [6.45, 7) is 3.91. The topological polar surface area (TPSA) is 64.4 Å². The van der Waals surface area contributed by atoms with Gasteiger partial charge in [0.25, 0.3) is 0 Å². The van der Waals surface area contributed by atoms with Crippen LogP contribution < -0.4 is 4.74 Å². The molecule has 1 atom stereocenters. The summed E-state index contributed by atoms with van der Waals surface area (Å²) in [7, 11) is 0. The van der Waals surface area contributed by atoms with Crippen LogP contribution in [0.5, 0.6) is 5.75 Å². The zero-order chi connectivity index (χ0) is 22.5. The van der Waals surface area contributed by atoms with E-state index in [1.54, 1.807) is 12.1 Å². The molecule has 6 nitrogen and oxygen atoms in total. The Bertz CT molecular complexity index is 1090. The molecular weight excluding hydrogens is 409 g/mol. The second-order valence-corrected chi connectivity index (χ2v) is 8.35. The van der Waals surface area contributed by atoms with E-state index in [-0.39, 0.29) is 17.6 Å². The lowest BCUT2D eigenvalue weighted by molar-refractivity contribution is -0.130. The molecule has 3 aromatic rings. The van der Waals surface area contributed by atoms with Crippen LogP contribution in [0.25, 0.3) is 10.9 Å². The van der Waals surface area contributed by atoms with Gasteiger partial charge < -0.3 is 9.64 Å². The molecular formula is C25H28FN3O3. The fraction of sp³-hybridized carbons (Fsp3) is 0.400. The lowest BCUT2D eigenvalue weighted by Gasteiger charge is -2.16. The van der Waals surface area contributed by atoms with Crippen LogP contribution >= 0.6 is 0 Å². The maximum absolute atomic E-state index is 12.9. The van der Waals surface area contributed by atoms with E-state index in [4.69, 9.17) is 4.74 Å². The molecule has 0 radical (unpaired) electrons. The summed E-state index contributed by atoms with van der Waals surface area (Å²) < 4.78 is 20.1. The van der Waals surface area contributed by atoms with Gasteiger partial charge in [-0.3, -0.25) is 9.59 Å². The molecule has 0 saturated carbocycles. The highest BCUT2D eigenvalue weighted by Gasteiger charge is 2.26. The normalized spacial score (nSPS) is 15.9. The third kappa shape index (κ3) is 5.15. The molecule has 2 aromatic carbocycles. The molecule has 7 heteroatoms. The maximum atomic E-state index is 12.9. The van der Waals surface area contributed by atoms with Gasteiger partial charge in [-0.15, -0.1) is 0 Å². The molecule has 32 heavy (non-hydrogen) atoms. The molecule has 1 unspecified atom stereocenters. The Hall–Kier alpha value is -3.22. The molecule has 4 rings (SSSR count). The summed E-state index contributed by atoms with van der Waals surface area (Å²) in [5.41, 5.74) is 1.64. The molecule has 1 aliphatic heterocycles. The van der Waals surface area contributed by atoms with E-state index in [0.717, 1.165) is 42.5 Å². The molecule has 1 aliphatic rings. The van der Waals surface area contributed by atoms with Gasteiger partial charge in [0.2, 0.25) is 11.8 Å². The summed E-state index contributed by atoms with van der Waals surface area (Å²) in [6.07, 6.45) is 2.98. The Morgan fingerprint density at radius 3 is 2.66 bits per heavy atom. The van der Waals surface area contributed by atoms with E-state index in [1.165, 1.54) is 16.8 Å². The number of ether oxygens (including phenoxy) is 1. The van der Waals surface area contributed by atoms with Gasteiger partial charge in [0.05, 0.1) is 17.8 Å². The maximum Gasteiger partial charge on any atom is 0.247 e. The van der Waals surface area contributed by atoms with E-state index in [2.05, 4.69) is 5.10 Å². The van der Waals surface area contributed by atoms with Crippen LogP contribution in [0, 0.1) is 18.7 Å². The zero-order valence-electron chi connectivity index (χ0n) is 18.3. The number of carbonyl (C=O) groups is 2. The lowest BCUT2D eigenvalue weighted by Crippen LogP contribution is -2.28. The predicted octanol–water partition coefficient (Wildman–Crippen LogP) is 4.61. The number of benzene rings is 2. The monoisotopic (exact) mass is 437 g/mol. The van der Waals surface area contributed by atoms with Gasteiger partial charge in [-0.2, -0.15) is 9.78 Å². The number of hydrogen-bond acceptors (Lipinski definition) is 4. The van der Waals surface area contributed by atoms with Crippen LogP contribution in [0.4, 0.5) is 4.39 Å². The number of para-hydroxylation sites is 1. The van der Waals surface area contributed by atoms with Crippen molar-refractivity contribution in [3.63, 3.8) is 0 Å². The number of carbonyl (C=O) groups excluding carboxylic acids is 2. The van der Waals surface area contributed by atoms with Crippen LogP contribution in [0.1, 0.15) is 42.6 Å². The van der Waals surface area contributed by atoms with Crippen LogP contribution in [0.2, 0.25) is 0 Å². The number of aromatic nitrogens is 2. The van der Waals surface area contributed by atoms with Gasteiger partial charge in [-0.05, 0) is 62.4 Å². The first-order valence-corrected chi connectivity index (χ1v) is 11.1. The highest BCUT2D eigenvalue weighted by Crippen LogP contribution is 2.22. The number of hydrogen-bond donors (Lipinski definition) is 0. The van der Waals surface area contributed by atoms with Crippen LogP contribution in [-0.4, -0.2) is 46.2 Å². The number of nitrogens with zero attached hydrogens (tertiary/aromatic N) is 3. The van der Waals surface area contributed by atoms with Crippen molar-refractivity contribution in [1.82, 2.24) is 14.7 Å². The Labute approximate surface area is 187 Å². The van der Waals surface area contributed by atoms with Gasteiger partial charge >= 0.3 is 0 Å². The van der Waals surface area contributed by atoms with Gasteiger partial charge in [0.15, 0.2) is 0 Å². The number of halogens is 1. The van der Waals surface area contributed by atoms with Crippen molar-refractivity contribution in [2.24, 2.45) is 5.92 Å². The molecule has 2 heterocycles. The van der Waals surface area contributed by atoms with Gasteiger partial charge in [0.1, 0.15) is 11.6 Å². The molecule has 1 saturated heterocycles. The van der Waals surface area contributed by atoms with Crippen molar-refractivity contribution in [3.8, 4) is 5.75 Å². The Morgan fingerprint density at radius 2 is 1.84 bits per heavy atom. The van der Waals surface area contributed by atoms with Crippen LogP contribution in [0.3, 0.4) is 0 Å². The molecule has 0 bridgehead atoms. The smallest absolute Gasteiger partial charge is 0.247 e. The molecule has 0 spiro atoms. The number of aryl methyl sites for hydroxylation is 1. The first-order chi connectivity index (χ1) is 15.5. The van der Waals surface area contributed by atoms with Crippen LogP contribution in [0.15, 0.2) is 48.5 Å². The van der Waals surface area contributed by atoms with Gasteiger partial charge in [-0.25, -0.2) is 4.39 Å². The quantitative estimate of drug-likeness (QED) is 0.516. The van der Waals surface area contributed by atoms with Gasteiger partial charge in [-0.1, -0.05) is 18.2 Å². The zero-order valence-corrected chi connectivity index (χ0v) is 18.3. The van der Waals surface area contributed by atoms with E-state index in [9.17, 15) is 14.0 Å². The first kappa shape index (κ1) is 22.0. The summed E-state index contributed by atoms with van der Waals surface area (Å²) in [4.78, 5) is 27.1. The van der Waals surface area contributed by atoms with E-state index < -0.39 is 0 Å². The Morgan fingerprint density at radius 1 is 1.09 bits per heavy atom. The van der Waals surface area contributed by atoms with Crippen molar-refractivity contribution in [1.29, 1.82) is 0 Å². The molecule has 1 aromatic heterocycles. The summed E-state index contributed by atoms with van der Waals surface area (Å²) in [5.74, 6) is 0.791. The number of rotatable bonds is 8. The summed E-state index contributed by atoms with van der Waals surface area (Å²) in [6, 6.07) is 13.7. The molecule has 0 N–H and O–H groups in total. The molecule has 1 fully saturated rings. The number of amides is 1. The SMILES string of the molecule is Cc1nn(C(=O)CCCC(=O)N2CCC(CCOc3ccc(F)cc3)C2)c2ccccc12. The minimum absolute atomic E-state index is 0.0839. The minimum Gasteiger partial charge on any atom is -0.494 e. The second kappa shape index (κ2) is 9.94. The van der Waals surface area contributed by atoms with E-state index in [0.29, 0.717) is 37.5 Å². The first-order valence-electron chi connectivity index (χ1n) is 11.1. The summed E-state index contributed by atoms with van der Waals surface area (Å²) in [5, 5.41) is 5.35. The van der Waals surface area contributed by atoms with Crippen LogP contribution in [-0.2, 0) is 4.79 Å². The van der Waals surface area contributed by atoms with Crippen molar-refractivity contribution >= 4 is 22.7 Å². The van der Waals surface area contributed by atoms with Crippen molar-refractivity contribution in [2.75, 3.05) is 19.7 Å². The summed E-state index contributed by atoms with van der Waals surface area (Å²) >= 11 is 0. The van der Waals surface area contributed by atoms with Crippen molar-refractivity contribution < 1.29 is 18.7 Å². The number of likely N-dealkylation sites (tertiary alicyclic amines) is 1.